The molecule has 0 spiro atoms. The van der Waals surface area contributed by atoms with Gasteiger partial charge in [0, 0.05) is 6.20 Å². The van der Waals surface area contributed by atoms with E-state index in [0.29, 0.717) is 11.4 Å². The lowest BCUT2D eigenvalue weighted by Crippen LogP contribution is -2.15. The molecule has 0 bridgehead atoms. The minimum Gasteiger partial charge on any atom is -0.495 e. The number of halogens is 3. The number of carbonyl (C=O) groups is 1. The van der Waals surface area contributed by atoms with Crippen LogP contribution in [-0.2, 0) is 23.1 Å². The summed E-state index contributed by atoms with van der Waals surface area (Å²) in [4.78, 5) is 23.4. The number of ether oxygens (including phenoxy) is 1. The molecule has 2 aromatic heterocycles. The maximum atomic E-state index is 12.7. The zero-order valence-corrected chi connectivity index (χ0v) is 15.8. The Bertz CT molecular complexity index is 996. The van der Waals surface area contributed by atoms with Crippen molar-refractivity contribution in [2.75, 3.05) is 12.4 Å². The van der Waals surface area contributed by atoms with Crippen LogP contribution in [0.3, 0.4) is 0 Å². The molecular weight excluding hydrogens is 411 g/mol. The van der Waals surface area contributed by atoms with Gasteiger partial charge in [0.05, 0.1) is 25.0 Å². The van der Waals surface area contributed by atoms with Crippen LogP contribution in [0.4, 0.5) is 18.9 Å². The first-order valence-electron chi connectivity index (χ1n) is 8.12. The number of para-hydroxylation sites is 2. The molecule has 1 N–H and O–H groups in total. The number of carbonyl (C=O) groups excluding carboxylic acids is 1. The van der Waals surface area contributed by atoms with Gasteiger partial charge in [-0.2, -0.15) is 18.2 Å². The summed E-state index contributed by atoms with van der Waals surface area (Å²) >= 11 is 0.908. The first-order valence-corrected chi connectivity index (χ1v) is 9.11. The van der Waals surface area contributed by atoms with Gasteiger partial charge in [-0.15, -0.1) is 0 Å². The van der Waals surface area contributed by atoms with Gasteiger partial charge in [0.1, 0.15) is 11.4 Å². The van der Waals surface area contributed by atoms with E-state index >= 15 is 0 Å². The predicted octanol–water partition coefficient (Wildman–Crippen LogP) is 3.36. The van der Waals surface area contributed by atoms with Crippen LogP contribution in [-0.4, -0.2) is 33.1 Å². The molecular formula is C17H14F3N5O3S. The fourth-order valence-corrected chi connectivity index (χ4v) is 2.87. The number of nitrogens with one attached hydrogen (secondary N) is 1. The molecule has 3 aromatic rings. The number of rotatable bonds is 7. The predicted molar refractivity (Wildman–Crippen MR) is 96.2 cm³/mol. The molecule has 0 radical (unpaired) electrons. The summed E-state index contributed by atoms with van der Waals surface area (Å²) in [5, 5.41) is 6.30. The van der Waals surface area contributed by atoms with Crippen molar-refractivity contribution in [1.29, 1.82) is 0 Å². The summed E-state index contributed by atoms with van der Waals surface area (Å²) in [5.74, 6) is 0.458. The third-order valence-corrected chi connectivity index (χ3v) is 4.30. The number of alkyl halides is 3. The molecule has 0 fully saturated rings. The average Bonchev–Trinajstić information content (AvgIpc) is 3.13. The smallest absolute Gasteiger partial charge is 0.433 e. The van der Waals surface area contributed by atoms with Crippen molar-refractivity contribution in [2.24, 2.45) is 0 Å². The SMILES string of the molecule is COc1ccccc1NC(=O)Cc1noc(CSc2nccc(C(F)(F)F)n2)n1. The van der Waals surface area contributed by atoms with Crippen molar-refractivity contribution < 1.29 is 27.2 Å². The Hall–Kier alpha value is -3.15. The Kier molecular flexibility index (Phi) is 6.32. The number of hydrogen-bond donors (Lipinski definition) is 1. The first-order chi connectivity index (χ1) is 13.8. The van der Waals surface area contributed by atoms with Crippen LogP contribution in [0.1, 0.15) is 17.4 Å². The Balaban J connectivity index is 1.56. The largest absolute Gasteiger partial charge is 0.495 e. The summed E-state index contributed by atoms with van der Waals surface area (Å²) < 4.78 is 48.2. The van der Waals surface area contributed by atoms with Gasteiger partial charge in [-0.05, 0) is 18.2 Å². The normalized spacial score (nSPS) is 11.3. The summed E-state index contributed by atoms with van der Waals surface area (Å²) in [5.41, 5.74) is -0.532. The lowest BCUT2D eigenvalue weighted by atomic mass is 10.2. The number of aromatic nitrogens is 4. The minimum atomic E-state index is -4.55. The van der Waals surface area contributed by atoms with Crippen molar-refractivity contribution in [3.8, 4) is 5.75 Å². The van der Waals surface area contributed by atoms with Crippen molar-refractivity contribution in [2.45, 2.75) is 23.5 Å². The second kappa shape index (κ2) is 8.90. The molecule has 0 unspecified atom stereocenters. The number of thioether (sulfide) groups is 1. The van der Waals surface area contributed by atoms with Gasteiger partial charge < -0.3 is 14.6 Å². The van der Waals surface area contributed by atoms with Crippen LogP contribution in [0.5, 0.6) is 5.75 Å². The molecule has 0 aliphatic carbocycles. The molecule has 29 heavy (non-hydrogen) atoms. The van der Waals surface area contributed by atoms with Crippen LogP contribution < -0.4 is 10.1 Å². The van der Waals surface area contributed by atoms with E-state index in [-0.39, 0.29) is 35.0 Å². The van der Waals surface area contributed by atoms with Gasteiger partial charge in [-0.1, -0.05) is 29.1 Å². The van der Waals surface area contributed by atoms with Gasteiger partial charge in [0.15, 0.2) is 11.0 Å². The number of anilines is 1. The maximum Gasteiger partial charge on any atom is 0.433 e. The van der Waals surface area contributed by atoms with Gasteiger partial charge in [0.25, 0.3) is 0 Å². The Morgan fingerprint density at radius 1 is 1.24 bits per heavy atom. The van der Waals surface area contributed by atoms with Crippen LogP contribution >= 0.6 is 11.8 Å². The quantitative estimate of drug-likeness (QED) is 0.454. The molecule has 152 valence electrons. The van der Waals surface area contributed by atoms with Gasteiger partial charge >= 0.3 is 6.18 Å². The second-order valence-electron chi connectivity index (χ2n) is 5.54. The maximum absolute atomic E-state index is 12.7. The molecule has 0 atom stereocenters. The highest BCUT2D eigenvalue weighted by Crippen LogP contribution is 2.29. The fourth-order valence-electron chi connectivity index (χ4n) is 2.20. The van der Waals surface area contributed by atoms with Crippen molar-refractivity contribution >= 4 is 23.4 Å². The highest BCUT2D eigenvalue weighted by Gasteiger charge is 2.32. The molecule has 8 nitrogen and oxygen atoms in total. The summed E-state index contributed by atoms with van der Waals surface area (Å²) in [6.45, 7) is 0. The third kappa shape index (κ3) is 5.67. The molecule has 0 saturated heterocycles. The number of methoxy groups -OCH3 is 1. The zero-order chi connectivity index (χ0) is 20.9. The van der Waals surface area contributed by atoms with E-state index in [4.69, 9.17) is 9.26 Å². The Morgan fingerprint density at radius 2 is 2.03 bits per heavy atom. The molecule has 1 aromatic carbocycles. The lowest BCUT2D eigenvalue weighted by molar-refractivity contribution is -0.141. The van der Waals surface area contributed by atoms with Gasteiger partial charge in [-0.25, -0.2) is 9.97 Å². The van der Waals surface area contributed by atoms with Gasteiger partial charge in [-0.3, -0.25) is 4.79 Å². The number of nitrogens with zero attached hydrogens (tertiary/aromatic N) is 4. The summed E-state index contributed by atoms with van der Waals surface area (Å²) in [6.07, 6.45) is -3.67. The molecule has 12 heteroatoms. The molecule has 1 amide bonds. The van der Waals surface area contributed by atoms with Crippen LogP contribution in [0.2, 0.25) is 0 Å². The average molecular weight is 425 g/mol. The summed E-state index contributed by atoms with van der Waals surface area (Å²) in [6, 6.07) is 7.69. The number of amides is 1. The van der Waals surface area contributed by atoms with E-state index < -0.39 is 11.9 Å². The van der Waals surface area contributed by atoms with E-state index in [9.17, 15) is 18.0 Å². The Labute approximate surface area is 166 Å². The molecule has 0 aliphatic heterocycles. The molecule has 3 rings (SSSR count). The van der Waals surface area contributed by atoms with Crippen molar-refractivity contribution in [3.63, 3.8) is 0 Å². The first kappa shape index (κ1) is 20.6. The second-order valence-corrected chi connectivity index (χ2v) is 6.48. The standard InChI is InChI=1S/C17H14F3N5O3S/c1-27-11-5-3-2-4-10(11)22-14(26)8-13-24-15(28-25-13)9-29-16-21-7-6-12(23-16)17(18,19)20/h2-7H,8-9H2,1H3,(H,22,26). The van der Waals surface area contributed by atoms with E-state index in [1.165, 1.54) is 7.11 Å². The minimum absolute atomic E-state index is 0.0580. The highest BCUT2D eigenvalue weighted by atomic mass is 32.2. The van der Waals surface area contributed by atoms with Crippen molar-refractivity contribution in [3.05, 3.63) is 53.9 Å². The van der Waals surface area contributed by atoms with Crippen LogP contribution in [0.15, 0.2) is 46.2 Å². The highest BCUT2D eigenvalue weighted by molar-refractivity contribution is 7.98. The Morgan fingerprint density at radius 3 is 2.79 bits per heavy atom. The van der Waals surface area contributed by atoms with Crippen LogP contribution in [0.25, 0.3) is 0 Å². The zero-order valence-electron chi connectivity index (χ0n) is 14.9. The fraction of sp³-hybridized carbons (Fsp3) is 0.235. The third-order valence-electron chi connectivity index (χ3n) is 3.46. The number of hydrogen-bond acceptors (Lipinski definition) is 8. The molecule has 0 aliphatic rings. The number of benzene rings is 1. The molecule has 2 heterocycles. The molecule has 0 saturated carbocycles. The lowest BCUT2D eigenvalue weighted by Gasteiger charge is -2.08. The monoisotopic (exact) mass is 425 g/mol. The van der Waals surface area contributed by atoms with E-state index in [1.807, 2.05) is 0 Å². The van der Waals surface area contributed by atoms with Crippen LogP contribution in [0, 0.1) is 0 Å². The van der Waals surface area contributed by atoms with Gasteiger partial charge in [0.2, 0.25) is 11.8 Å². The van der Waals surface area contributed by atoms with Crippen molar-refractivity contribution in [1.82, 2.24) is 20.1 Å². The van der Waals surface area contributed by atoms with E-state index in [1.54, 1.807) is 24.3 Å². The topological polar surface area (TPSA) is 103 Å². The summed E-state index contributed by atoms with van der Waals surface area (Å²) in [7, 11) is 1.49. The van der Waals surface area contributed by atoms with E-state index in [0.717, 1.165) is 24.0 Å². The van der Waals surface area contributed by atoms with E-state index in [2.05, 4.69) is 25.4 Å².